The second-order valence-corrected chi connectivity index (χ2v) is 7.58. The highest BCUT2D eigenvalue weighted by Crippen LogP contribution is 2.19. The van der Waals surface area contributed by atoms with E-state index in [4.69, 9.17) is 0 Å². The SMILES string of the molecule is CC(C)C(=O)CCN(CCCC(C)(C)C=O)CCN1C(=O)C=CC1=O. The Balaban J connectivity index is 2.54. The van der Waals surface area contributed by atoms with Crippen LogP contribution in [-0.4, -0.2) is 59.9 Å². The molecular formula is C19H30N2O4. The van der Waals surface area contributed by atoms with Crippen LogP contribution in [0.3, 0.4) is 0 Å². The van der Waals surface area contributed by atoms with Gasteiger partial charge >= 0.3 is 0 Å². The minimum atomic E-state index is -0.357. The molecule has 0 aromatic heterocycles. The zero-order valence-corrected chi connectivity index (χ0v) is 15.8. The van der Waals surface area contributed by atoms with E-state index in [0.29, 0.717) is 26.1 Å². The first-order valence-electron chi connectivity index (χ1n) is 8.91. The van der Waals surface area contributed by atoms with E-state index in [0.717, 1.165) is 25.7 Å². The summed E-state index contributed by atoms with van der Waals surface area (Å²) in [6.45, 7) is 9.75. The number of Topliss-reactive ketones (excluding diaryl/α,β-unsaturated/α-hetero) is 1. The summed E-state index contributed by atoms with van der Waals surface area (Å²) in [5, 5.41) is 0. The van der Waals surface area contributed by atoms with Gasteiger partial charge in [0.05, 0.1) is 0 Å². The van der Waals surface area contributed by atoms with Gasteiger partial charge in [-0.15, -0.1) is 0 Å². The molecule has 0 unspecified atom stereocenters. The van der Waals surface area contributed by atoms with E-state index in [1.165, 1.54) is 17.1 Å². The van der Waals surface area contributed by atoms with Gasteiger partial charge in [0, 0.05) is 49.5 Å². The lowest BCUT2D eigenvalue weighted by atomic mass is 9.90. The topological polar surface area (TPSA) is 74.8 Å². The molecule has 0 aromatic rings. The normalized spacial score (nSPS) is 14.9. The number of carbonyl (C=O) groups excluding carboxylic acids is 4. The molecule has 0 spiro atoms. The number of nitrogens with zero attached hydrogens (tertiary/aromatic N) is 2. The van der Waals surface area contributed by atoms with E-state index < -0.39 is 0 Å². The summed E-state index contributed by atoms with van der Waals surface area (Å²) in [7, 11) is 0. The third kappa shape index (κ3) is 7.30. The highest BCUT2D eigenvalue weighted by atomic mass is 16.2. The van der Waals surface area contributed by atoms with Gasteiger partial charge in [0.15, 0.2) is 0 Å². The molecule has 0 atom stereocenters. The summed E-state index contributed by atoms with van der Waals surface area (Å²) in [6.07, 6.45) is 5.56. The second kappa shape index (κ2) is 9.61. The van der Waals surface area contributed by atoms with E-state index >= 15 is 0 Å². The van der Waals surface area contributed by atoms with Crippen LogP contribution in [0.15, 0.2) is 12.2 Å². The first-order valence-corrected chi connectivity index (χ1v) is 8.91. The molecule has 25 heavy (non-hydrogen) atoms. The minimum absolute atomic E-state index is 0.00165. The lowest BCUT2D eigenvalue weighted by Gasteiger charge is -2.26. The molecule has 1 heterocycles. The Labute approximate surface area is 150 Å². The van der Waals surface area contributed by atoms with Gasteiger partial charge in [0.25, 0.3) is 11.8 Å². The van der Waals surface area contributed by atoms with Crippen LogP contribution in [0.4, 0.5) is 0 Å². The number of ketones is 1. The van der Waals surface area contributed by atoms with Crippen molar-refractivity contribution in [1.82, 2.24) is 9.80 Å². The average Bonchev–Trinajstić information content (AvgIpc) is 2.87. The zero-order chi connectivity index (χ0) is 19.0. The largest absolute Gasteiger partial charge is 0.303 e. The number of amides is 2. The summed E-state index contributed by atoms with van der Waals surface area (Å²) >= 11 is 0. The smallest absolute Gasteiger partial charge is 0.253 e. The van der Waals surface area contributed by atoms with Crippen LogP contribution in [0.2, 0.25) is 0 Å². The van der Waals surface area contributed by atoms with Crippen LogP contribution >= 0.6 is 0 Å². The number of rotatable bonds is 12. The van der Waals surface area contributed by atoms with Gasteiger partial charge in [-0.05, 0) is 19.4 Å². The van der Waals surface area contributed by atoms with Crippen LogP contribution in [0.1, 0.15) is 47.0 Å². The number of imide groups is 1. The number of hydrogen-bond donors (Lipinski definition) is 0. The molecule has 1 aliphatic heterocycles. The van der Waals surface area contributed by atoms with Crippen molar-refractivity contribution >= 4 is 23.9 Å². The average molecular weight is 350 g/mol. The summed E-state index contributed by atoms with van der Waals surface area (Å²) in [5.41, 5.74) is -0.357. The first kappa shape index (κ1) is 21.2. The van der Waals surface area contributed by atoms with Crippen molar-refractivity contribution in [3.05, 3.63) is 12.2 Å². The predicted molar refractivity (Wildman–Crippen MR) is 95.8 cm³/mol. The summed E-state index contributed by atoms with van der Waals surface area (Å²) in [4.78, 5) is 49.5. The van der Waals surface area contributed by atoms with E-state index in [9.17, 15) is 19.2 Å². The number of carbonyl (C=O) groups is 4. The molecule has 0 radical (unpaired) electrons. The van der Waals surface area contributed by atoms with Gasteiger partial charge in [-0.2, -0.15) is 0 Å². The van der Waals surface area contributed by atoms with Crippen LogP contribution < -0.4 is 0 Å². The van der Waals surface area contributed by atoms with E-state index in [1.807, 2.05) is 27.7 Å². The van der Waals surface area contributed by atoms with Crippen LogP contribution in [0.25, 0.3) is 0 Å². The predicted octanol–water partition coefficient (Wildman–Crippen LogP) is 1.83. The Hall–Kier alpha value is -1.82. The van der Waals surface area contributed by atoms with Gasteiger partial charge in [0.2, 0.25) is 0 Å². The quantitative estimate of drug-likeness (QED) is 0.396. The fraction of sp³-hybridized carbons (Fsp3) is 0.684. The van der Waals surface area contributed by atoms with Gasteiger partial charge in [-0.3, -0.25) is 19.3 Å². The maximum absolute atomic E-state index is 11.9. The number of aldehydes is 1. The van der Waals surface area contributed by atoms with E-state index in [2.05, 4.69) is 4.90 Å². The molecular weight excluding hydrogens is 320 g/mol. The summed E-state index contributed by atoms with van der Waals surface area (Å²) in [5.74, 6) is -0.370. The Morgan fingerprint density at radius 2 is 1.76 bits per heavy atom. The monoisotopic (exact) mass is 350 g/mol. The van der Waals surface area contributed by atoms with Crippen molar-refractivity contribution in [1.29, 1.82) is 0 Å². The first-order chi connectivity index (χ1) is 11.7. The Bertz CT molecular complexity index is 520. The third-order valence-electron chi connectivity index (χ3n) is 4.47. The van der Waals surface area contributed by atoms with Crippen LogP contribution in [0.5, 0.6) is 0 Å². The lowest BCUT2D eigenvalue weighted by molar-refractivity contribution is -0.137. The molecule has 1 aliphatic rings. The standard InChI is InChI=1S/C19H30N2O4/c1-15(2)16(23)8-11-20(10-5-9-19(3,4)14-22)12-13-21-17(24)6-7-18(21)25/h6-7,14-15H,5,8-13H2,1-4H3. The van der Waals surface area contributed by atoms with Gasteiger partial charge < -0.3 is 9.69 Å². The van der Waals surface area contributed by atoms with Gasteiger partial charge in [-0.1, -0.05) is 27.7 Å². The molecule has 0 N–H and O–H groups in total. The molecule has 0 saturated heterocycles. The van der Waals surface area contributed by atoms with E-state index in [1.54, 1.807) is 0 Å². The minimum Gasteiger partial charge on any atom is -0.303 e. The highest BCUT2D eigenvalue weighted by molar-refractivity contribution is 6.12. The molecule has 0 fully saturated rings. The molecule has 1 rings (SSSR count). The van der Waals surface area contributed by atoms with Crippen molar-refractivity contribution in [2.24, 2.45) is 11.3 Å². The van der Waals surface area contributed by atoms with Crippen molar-refractivity contribution in [3.63, 3.8) is 0 Å². The molecule has 0 aromatic carbocycles. The fourth-order valence-corrected chi connectivity index (χ4v) is 2.60. The van der Waals surface area contributed by atoms with Crippen LogP contribution in [0, 0.1) is 11.3 Å². The zero-order valence-electron chi connectivity index (χ0n) is 15.8. The summed E-state index contributed by atoms with van der Waals surface area (Å²) < 4.78 is 0. The molecule has 6 heteroatoms. The molecule has 0 aliphatic carbocycles. The maximum Gasteiger partial charge on any atom is 0.253 e. The highest BCUT2D eigenvalue weighted by Gasteiger charge is 2.24. The second-order valence-electron chi connectivity index (χ2n) is 7.58. The fourth-order valence-electron chi connectivity index (χ4n) is 2.60. The molecule has 2 amide bonds. The lowest BCUT2D eigenvalue weighted by Crippen LogP contribution is -2.39. The van der Waals surface area contributed by atoms with Crippen molar-refractivity contribution in [2.75, 3.05) is 26.2 Å². The maximum atomic E-state index is 11.9. The van der Waals surface area contributed by atoms with Crippen molar-refractivity contribution < 1.29 is 19.2 Å². The van der Waals surface area contributed by atoms with Crippen LogP contribution in [-0.2, 0) is 19.2 Å². The van der Waals surface area contributed by atoms with E-state index in [-0.39, 0.29) is 28.9 Å². The molecule has 140 valence electrons. The molecule has 0 saturated carbocycles. The Morgan fingerprint density at radius 3 is 2.28 bits per heavy atom. The van der Waals surface area contributed by atoms with Crippen molar-refractivity contribution in [3.8, 4) is 0 Å². The Kier molecular flexibility index (Phi) is 8.16. The Morgan fingerprint density at radius 1 is 1.16 bits per heavy atom. The molecule has 6 nitrogen and oxygen atoms in total. The van der Waals surface area contributed by atoms with Gasteiger partial charge in [0.1, 0.15) is 12.1 Å². The third-order valence-corrected chi connectivity index (χ3v) is 4.47. The number of hydrogen-bond acceptors (Lipinski definition) is 5. The van der Waals surface area contributed by atoms with Gasteiger partial charge in [-0.25, -0.2) is 0 Å². The summed E-state index contributed by atoms with van der Waals surface area (Å²) in [6, 6.07) is 0. The van der Waals surface area contributed by atoms with Crippen molar-refractivity contribution in [2.45, 2.75) is 47.0 Å². The molecule has 0 bridgehead atoms.